The highest BCUT2D eigenvalue weighted by atomic mass is 15.2. The third kappa shape index (κ3) is 2.27. The van der Waals surface area contributed by atoms with Gasteiger partial charge in [0.2, 0.25) is 0 Å². The monoisotopic (exact) mass is 266 g/mol. The molecule has 2 heterocycles. The van der Waals surface area contributed by atoms with Crippen LogP contribution in [0.15, 0.2) is 24.3 Å². The van der Waals surface area contributed by atoms with Crippen LogP contribution in [0.5, 0.6) is 0 Å². The second-order valence-electron chi connectivity index (χ2n) is 5.59. The van der Waals surface area contributed by atoms with Crippen LogP contribution in [-0.2, 0) is 0 Å². The molecule has 0 aliphatic carbocycles. The van der Waals surface area contributed by atoms with Crippen molar-refractivity contribution in [2.75, 3.05) is 23.7 Å². The summed E-state index contributed by atoms with van der Waals surface area (Å²) in [5.41, 5.74) is 8.02. The Morgan fingerprint density at radius 1 is 1.30 bits per heavy atom. The average Bonchev–Trinajstić information content (AvgIpc) is 2.46. The Balaban J connectivity index is 2.06. The van der Waals surface area contributed by atoms with Crippen LogP contribution in [0, 0.1) is 17.2 Å². The van der Waals surface area contributed by atoms with E-state index in [-0.39, 0.29) is 0 Å². The Labute approximate surface area is 118 Å². The first-order valence-electron chi connectivity index (χ1n) is 7.02. The van der Waals surface area contributed by atoms with Crippen molar-refractivity contribution >= 4 is 22.4 Å². The van der Waals surface area contributed by atoms with Crippen LogP contribution in [0.25, 0.3) is 10.9 Å². The molecular weight excluding hydrogens is 248 g/mol. The maximum atomic E-state index is 9.38. The summed E-state index contributed by atoms with van der Waals surface area (Å²) in [6.07, 6.45) is 2.32. The topological polar surface area (TPSA) is 65.9 Å². The molecule has 102 valence electrons. The first-order chi connectivity index (χ1) is 9.67. The van der Waals surface area contributed by atoms with Crippen molar-refractivity contribution in [2.45, 2.75) is 19.8 Å². The summed E-state index contributed by atoms with van der Waals surface area (Å²) in [5.74, 6) is 1.58. The molecule has 0 atom stereocenters. The molecule has 0 radical (unpaired) electrons. The van der Waals surface area contributed by atoms with Crippen molar-refractivity contribution in [3.8, 4) is 6.07 Å². The molecule has 1 aliphatic rings. The van der Waals surface area contributed by atoms with E-state index in [1.54, 1.807) is 0 Å². The maximum absolute atomic E-state index is 9.38. The molecule has 1 aliphatic heterocycles. The van der Waals surface area contributed by atoms with Gasteiger partial charge in [0.05, 0.1) is 11.1 Å². The smallest absolute Gasteiger partial charge is 0.147 e. The van der Waals surface area contributed by atoms with Gasteiger partial charge >= 0.3 is 0 Å². The van der Waals surface area contributed by atoms with Crippen LogP contribution in [0.3, 0.4) is 0 Å². The number of rotatable bonds is 1. The molecule has 4 heteroatoms. The molecule has 0 saturated carbocycles. The lowest BCUT2D eigenvalue weighted by atomic mass is 9.99. The molecule has 20 heavy (non-hydrogen) atoms. The summed E-state index contributed by atoms with van der Waals surface area (Å²) in [7, 11) is 0. The molecular formula is C16H18N4. The highest BCUT2D eigenvalue weighted by molar-refractivity contribution is 5.85. The van der Waals surface area contributed by atoms with Crippen molar-refractivity contribution < 1.29 is 0 Å². The number of fused-ring (bicyclic) bond motifs is 1. The summed E-state index contributed by atoms with van der Waals surface area (Å²) in [6.45, 7) is 4.23. The van der Waals surface area contributed by atoms with Gasteiger partial charge in [0.15, 0.2) is 0 Å². The number of nitrogens with two attached hydrogens (primary N) is 1. The van der Waals surface area contributed by atoms with E-state index in [4.69, 9.17) is 5.73 Å². The summed E-state index contributed by atoms with van der Waals surface area (Å²) < 4.78 is 0. The molecule has 0 amide bonds. The van der Waals surface area contributed by atoms with Crippen molar-refractivity contribution in [3.05, 3.63) is 29.8 Å². The number of pyridine rings is 1. The van der Waals surface area contributed by atoms with E-state index in [0.717, 1.165) is 48.6 Å². The standard InChI is InChI=1S/C16H18N4/c1-11-4-6-20(7-5-11)16-13(10-17)8-12-9-14(18)2-3-15(12)19-16/h2-3,8-9,11H,4-7,18H2,1H3. The summed E-state index contributed by atoms with van der Waals surface area (Å²) >= 11 is 0. The van der Waals surface area contributed by atoms with Gasteiger partial charge < -0.3 is 10.6 Å². The Morgan fingerprint density at radius 3 is 2.75 bits per heavy atom. The summed E-state index contributed by atoms with van der Waals surface area (Å²) in [6, 6.07) is 9.80. The largest absolute Gasteiger partial charge is 0.399 e. The van der Waals surface area contributed by atoms with Crippen LogP contribution in [0.1, 0.15) is 25.3 Å². The normalized spacial score (nSPS) is 16.3. The van der Waals surface area contributed by atoms with E-state index in [1.165, 1.54) is 0 Å². The van der Waals surface area contributed by atoms with Crippen LogP contribution in [0.4, 0.5) is 11.5 Å². The molecule has 0 bridgehead atoms. The number of anilines is 2. The number of nitrogens with zero attached hydrogens (tertiary/aromatic N) is 3. The molecule has 1 saturated heterocycles. The fourth-order valence-corrected chi connectivity index (χ4v) is 2.73. The van der Waals surface area contributed by atoms with Crippen LogP contribution < -0.4 is 10.6 Å². The first-order valence-corrected chi connectivity index (χ1v) is 7.02. The van der Waals surface area contributed by atoms with E-state index in [2.05, 4.69) is 22.9 Å². The Hall–Kier alpha value is -2.28. The molecule has 3 rings (SSSR count). The zero-order valence-corrected chi connectivity index (χ0v) is 11.6. The van der Waals surface area contributed by atoms with Crippen LogP contribution in [0.2, 0.25) is 0 Å². The minimum absolute atomic E-state index is 0.637. The molecule has 2 aromatic rings. The second kappa shape index (κ2) is 5.01. The zero-order chi connectivity index (χ0) is 14.1. The zero-order valence-electron chi connectivity index (χ0n) is 11.6. The molecule has 0 spiro atoms. The van der Waals surface area contributed by atoms with Crippen molar-refractivity contribution in [1.82, 2.24) is 4.98 Å². The van der Waals surface area contributed by atoms with Crippen LogP contribution >= 0.6 is 0 Å². The van der Waals surface area contributed by atoms with Gasteiger partial charge in [-0.2, -0.15) is 5.26 Å². The summed E-state index contributed by atoms with van der Waals surface area (Å²) in [4.78, 5) is 6.91. The number of hydrogen-bond acceptors (Lipinski definition) is 4. The van der Waals surface area contributed by atoms with Gasteiger partial charge in [-0.3, -0.25) is 0 Å². The molecule has 1 aromatic carbocycles. The van der Waals surface area contributed by atoms with Crippen LogP contribution in [-0.4, -0.2) is 18.1 Å². The SMILES string of the molecule is CC1CCN(c2nc3ccc(N)cc3cc2C#N)CC1. The van der Waals surface area contributed by atoms with E-state index >= 15 is 0 Å². The van der Waals surface area contributed by atoms with Crippen molar-refractivity contribution in [2.24, 2.45) is 5.92 Å². The lowest BCUT2D eigenvalue weighted by Gasteiger charge is -2.31. The van der Waals surface area contributed by atoms with Gasteiger partial charge in [0, 0.05) is 24.2 Å². The van der Waals surface area contributed by atoms with Crippen molar-refractivity contribution in [1.29, 1.82) is 5.26 Å². The molecule has 4 nitrogen and oxygen atoms in total. The van der Waals surface area contributed by atoms with Gasteiger partial charge in [-0.05, 0) is 43.0 Å². The first kappa shape index (κ1) is 12.7. The van der Waals surface area contributed by atoms with E-state index in [9.17, 15) is 5.26 Å². The second-order valence-corrected chi connectivity index (χ2v) is 5.59. The highest BCUT2D eigenvalue weighted by Crippen LogP contribution is 2.27. The van der Waals surface area contributed by atoms with Gasteiger partial charge in [-0.15, -0.1) is 0 Å². The Morgan fingerprint density at radius 2 is 2.05 bits per heavy atom. The number of nitrogen functional groups attached to an aromatic ring is 1. The Kier molecular flexibility index (Phi) is 3.19. The van der Waals surface area contributed by atoms with Gasteiger partial charge in [-0.1, -0.05) is 6.92 Å². The van der Waals surface area contributed by atoms with Gasteiger partial charge in [0.25, 0.3) is 0 Å². The third-order valence-corrected chi connectivity index (χ3v) is 4.02. The van der Waals surface area contributed by atoms with Gasteiger partial charge in [-0.25, -0.2) is 4.98 Å². The fourth-order valence-electron chi connectivity index (χ4n) is 2.73. The molecule has 1 fully saturated rings. The minimum atomic E-state index is 0.637. The van der Waals surface area contributed by atoms with E-state index in [1.807, 2.05) is 24.3 Å². The predicted molar refractivity (Wildman–Crippen MR) is 81.5 cm³/mol. The van der Waals surface area contributed by atoms with Gasteiger partial charge in [0.1, 0.15) is 11.9 Å². The molecule has 1 aromatic heterocycles. The predicted octanol–water partition coefficient (Wildman–Crippen LogP) is 2.92. The number of nitriles is 1. The minimum Gasteiger partial charge on any atom is -0.399 e. The number of piperidine rings is 1. The molecule has 0 unspecified atom stereocenters. The number of benzene rings is 1. The third-order valence-electron chi connectivity index (χ3n) is 4.02. The quantitative estimate of drug-likeness (QED) is 0.806. The lowest BCUT2D eigenvalue weighted by molar-refractivity contribution is 0.436. The Bertz CT molecular complexity index is 679. The average molecular weight is 266 g/mol. The number of hydrogen-bond donors (Lipinski definition) is 1. The van der Waals surface area contributed by atoms with E-state index in [0.29, 0.717) is 11.3 Å². The molecule has 2 N–H and O–H groups in total. The lowest BCUT2D eigenvalue weighted by Crippen LogP contribution is -2.34. The van der Waals surface area contributed by atoms with E-state index < -0.39 is 0 Å². The number of aromatic nitrogens is 1. The van der Waals surface area contributed by atoms with Crippen molar-refractivity contribution in [3.63, 3.8) is 0 Å². The maximum Gasteiger partial charge on any atom is 0.147 e. The fraction of sp³-hybridized carbons (Fsp3) is 0.375. The summed E-state index contributed by atoms with van der Waals surface area (Å²) in [5, 5.41) is 10.3. The highest BCUT2D eigenvalue weighted by Gasteiger charge is 2.20.